The second-order valence-electron chi connectivity index (χ2n) is 10.0. The summed E-state index contributed by atoms with van der Waals surface area (Å²) in [6.45, 7) is 9.70. The minimum absolute atomic E-state index is 0.0402. The monoisotopic (exact) mass is 513 g/mol. The summed E-state index contributed by atoms with van der Waals surface area (Å²) in [4.78, 5) is 18.2. The summed E-state index contributed by atoms with van der Waals surface area (Å²) in [6.07, 6.45) is 1.72. The molecule has 2 aromatic carbocycles. The maximum Gasteiger partial charge on any atom is 0.263 e. The van der Waals surface area contributed by atoms with Crippen molar-refractivity contribution in [2.45, 2.75) is 57.1 Å². The number of amides is 1. The highest BCUT2D eigenvalue weighted by Gasteiger charge is 2.34. The molecule has 0 aromatic heterocycles. The van der Waals surface area contributed by atoms with Crippen molar-refractivity contribution in [3.8, 4) is 5.75 Å². The van der Waals surface area contributed by atoms with Crippen LogP contribution >= 0.6 is 0 Å². The van der Waals surface area contributed by atoms with Crippen LogP contribution in [-0.2, 0) is 21.2 Å². The van der Waals surface area contributed by atoms with Gasteiger partial charge in [-0.05, 0) is 61.1 Å². The third-order valence-electron chi connectivity index (χ3n) is 7.53. The number of carbonyl (C=O) groups excluding carboxylic acids is 1. The Bertz CT molecular complexity index is 1150. The smallest absolute Gasteiger partial charge is 0.263 e. The van der Waals surface area contributed by atoms with Gasteiger partial charge in [0.1, 0.15) is 5.75 Å². The van der Waals surface area contributed by atoms with E-state index in [0.29, 0.717) is 37.6 Å². The maximum atomic E-state index is 13.6. The lowest BCUT2D eigenvalue weighted by atomic mass is 10.00. The molecule has 1 amide bonds. The zero-order valence-electron chi connectivity index (χ0n) is 21.9. The van der Waals surface area contributed by atoms with Crippen LogP contribution < -0.4 is 4.74 Å². The van der Waals surface area contributed by atoms with E-state index in [-0.39, 0.29) is 16.8 Å². The third kappa shape index (κ3) is 5.61. The van der Waals surface area contributed by atoms with E-state index in [1.54, 1.807) is 18.2 Å². The van der Waals surface area contributed by atoms with Crippen molar-refractivity contribution in [3.63, 3.8) is 0 Å². The molecule has 0 radical (unpaired) electrons. The van der Waals surface area contributed by atoms with Crippen molar-refractivity contribution in [2.75, 3.05) is 39.8 Å². The van der Waals surface area contributed by atoms with Gasteiger partial charge in [0.05, 0.1) is 10.9 Å². The van der Waals surface area contributed by atoms with Crippen LogP contribution in [0.2, 0.25) is 0 Å². The van der Waals surface area contributed by atoms with Crippen LogP contribution in [0.4, 0.5) is 0 Å². The number of benzene rings is 2. The predicted octanol–water partition coefficient (Wildman–Crippen LogP) is 3.95. The first-order valence-electron chi connectivity index (χ1n) is 13.1. The van der Waals surface area contributed by atoms with Crippen LogP contribution in [0.25, 0.3) is 0 Å². The number of carbonyl (C=O) groups is 1. The fourth-order valence-corrected chi connectivity index (χ4v) is 6.87. The first kappa shape index (κ1) is 26.6. The summed E-state index contributed by atoms with van der Waals surface area (Å²) < 4.78 is 33.5. The van der Waals surface area contributed by atoms with Crippen molar-refractivity contribution in [3.05, 3.63) is 59.7 Å². The van der Waals surface area contributed by atoms with Gasteiger partial charge in [0.25, 0.3) is 5.91 Å². The molecule has 1 saturated heterocycles. The van der Waals surface area contributed by atoms with Gasteiger partial charge >= 0.3 is 0 Å². The molecule has 0 bridgehead atoms. The SMILES string of the molecule is CCN(CC)S(=O)(=O)c1ccc2c(c1)CCC(C(=O)N(C)[C@H](CN1CC[C@H](C)C1)c1ccccc1)O2. The number of fused-ring (bicyclic) bond motifs is 1. The number of sulfonamides is 1. The summed E-state index contributed by atoms with van der Waals surface area (Å²) in [5.41, 5.74) is 1.95. The summed E-state index contributed by atoms with van der Waals surface area (Å²) in [5, 5.41) is 0. The van der Waals surface area contributed by atoms with E-state index >= 15 is 0 Å². The molecule has 2 aromatic rings. The standard InChI is InChI=1S/C28H39N3O4S/c1-5-31(6-2)36(33,34)24-13-15-26-23(18-24)12-14-27(35-26)28(32)29(4)25(22-10-8-7-9-11-22)20-30-17-16-21(3)19-30/h7-11,13,15,18,21,25,27H,5-6,12,14,16-17,19-20H2,1-4H3/t21-,25+,27?/m0/s1. The Kier molecular flexibility index (Phi) is 8.37. The number of likely N-dealkylation sites (tertiary alicyclic amines) is 1. The van der Waals surface area contributed by atoms with E-state index < -0.39 is 16.1 Å². The minimum atomic E-state index is -3.54. The number of likely N-dealkylation sites (N-methyl/N-ethyl adjacent to an activating group) is 1. The molecule has 0 spiro atoms. The number of hydrogen-bond acceptors (Lipinski definition) is 5. The fourth-order valence-electron chi connectivity index (χ4n) is 5.36. The van der Waals surface area contributed by atoms with Gasteiger partial charge in [0.15, 0.2) is 6.10 Å². The Morgan fingerprint density at radius 3 is 2.47 bits per heavy atom. The van der Waals surface area contributed by atoms with Crippen LogP contribution in [0.1, 0.15) is 50.8 Å². The zero-order valence-corrected chi connectivity index (χ0v) is 22.7. The topological polar surface area (TPSA) is 70.2 Å². The molecule has 2 aliphatic heterocycles. The third-order valence-corrected chi connectivity index (χ3v) is 9.58. The van der Waals surface area contributed by atoms with Crippen molar-refractivity contribution >= 4 is 15.9 Å². The van der Waals surface area contributed by atoms with Crippen LogP contribution in [0.15, 0.2) is 53.4 Å². The number of rotatable bonds is 9. The van der Waals surface area contributed by atoms with Crippen molar-refractivity contribution < 1.29 is 17.9 Å². The Morgan fingerprint density at radius 2 is 1.83 bits per heavy atom. The van der Waals surface area contributed by atoms with E-state index in [9.17, 15) is 13.2 Å². The number of hydrogen-bond donors (Lipinski definition) is 0. The predicted molar refractivity (Wildman–Crippen MR) is 141 cm³/mol. The fraction of sp³-hybridized carbons (Fsp3) is 0.536. The summed E-state index contributed by atoms with van der Waals surface area (Å²) in [5.74, 6) is 1.23. The van der Waals surface area contributed by atoms with Gasteiger partial charge in [0.2, 0.25) is 10.0 Å². The Labute approximate surface area is 216 Å². The van der Waals surface area contributed by atoms with Crippen LogP contribution in [0.5, 0.6) is 5.75 Å². The molecule has 0 saturated carbocycles. The van der Waals surface area contributed by atoms with E-state index in [0.717, 1.165) is 30.8 Å². The number of aryl methyl sites for hydroxylation is 1. The average molecular weight is 514 g/mol. The summed E-state index contributed by atoms with van der Waals surface area (Å²) in [7, 11) is -1.66. The molecule has 7 nitrogen and oxygen atoms in total. The van der Waals surface area contributed by atoms with Crippen molar-refractivity contribution in [2.24, 2.45) is 5.92 Å². The molecule has 196 valence electrons. The maximum absolute atomic E-state index is 13.6. The molecular weight excluding hydrogens is 474 g/mol. The lowest BCUT2D eigenvalue weighted by Gasteiger charge is -2.35. The van der Waals surface area contributed by atoms with Crippen LogP contribution in [0, 0.1) is 5.92 Å². The highest BCUT2D eigenvalue weighted by molar-refractivity contribution is 7.89. The van der Waals surface area contributed by atoms with E-state index in [2.05, 4.69) is 24.0 Å². The molecule has 4 rings (SSSR count). The Balaban J connectivity index is 1.50. The molecule has 0 N–H and O–H groups in total. The highest BCUT2D eigenvalue weighted by atomic mass is 32.2. The summed E-state index contributed by atoms with van der Waals surface area (Å²) >= 11 is 0. The Hall–Kier alpha value is -2.42. The van der Waals surface area contributed by atoms with E-state index in [1.807, 2.05) is 44.0 Å². The van der Waals surface area contributed by atoms with Gasteiger partial charge in [-0.2, -0.15) is 4.31 Å². The highest BCUT2D eigenvalue weighted by Crippen LogP contribution is 2.33. The van der Waals surface area contributed by atoms with Crippen molar-refractivity contribution in [1.29, 1.82) is 0 Å². The lowest BCUT2D eigenvalue weighted by molar-refractivity contribution is -0.140. The normalized spacial score (nSPS) is 21.1. The van der Waals surface area contributed by atoms with Gasteiger partial charge in [0, 0.05) is 33.2 Å². The molecule has 8 heteroatoms. The molecule has 3 atom stereocenters. The summed E-state index contributed by atoms with van der Waals surface area (Å²) in [6, 6.07) is 15.1. The largest absolute Gasteiger partial charge is 0.480 e. The van der Waals surface area contributed by atoms with Gasteiger partial charge in [-0.1, -0.05) is 51.1 Å². The van der Waals surface area contributed by atoms with Gasteiger partial charge in [-0.3, -0.25) is 4.79 Å². The first-order chi connectivity index (χ1) is 17.2. The van der Waals surface area contributed by atoms with E-state index in [1.165, 1.54) is 10.7 Å². The van der Waals surface area contributed by atoms with Crippen LogP contribution in [-0.4, -0.2) is 74.3 Å². The molecule has 2 aliphatic rings. The van der Waals surface area contributed by atoms with Gasteiger partial charge in [-0.25, -0.2) is 8.42 Å². The zero-order chi connectivity index (χ0) is 25.9. The quantitative estimate of drug-likeness (QED) is 0.508. The lowest BCUT2D eigenvalue weighted by Crippen LogP contribution is -2.46. The second kappa shape index (κ2) is 11.3. The van der Waals surface area contributed by atoms with Gasteiger partial charge in [-0.15, -0.1) is 0 Å². The number of nitrogens with zero attached hydrogens (tertiary/aromatic N) is 3. The molecule has 1 unspecified atom stereocenters. The molecular formula is C28H39N3O4S. The molecule has 0 aliphatic carbocycles. The van der Waals surface area contributed by atoms with Crippen molar-refractivity contribution in [1.82, 2.24) is 14.1 Å². The van der Waals surface area contributed by atoms with E-state index in [4.69, 9.17) is 4.74 Å². The minimum Gasteiger partial charge on any atom is -0.480 e. The Morgan fingerprint density at radius 1 is 1.11 bits per heavy atom. The molecule has 2 heterocycles. The van der Waals surface area contributed by atoms with Crippen LogP contribution in [0.3, 0.4) is 0 Å². The van der Waals surface area contributed by atoms with Gasteiger partial charge < -0.3 is 14.5 Å². The average Bonchev–Trinajstić information content (AvgIpc) is 3.31. The number of ether oxygens (including phenoxy) is 1. The molecule has 1 fully saturated rings. The molecule has 36 heavy (non-hydrogen) atoms. The first-order valence-corrected chi connectivity index (χ1v) is 14.5. The second-order valence-corrected chi connectivity index (χ2v) is 12.0.